The van der Waals surface area contributed by atoms with Gasteiger partial charge in [-0.3, -0.25) is 9.59 Å². The zero-order valence-electron chi connectivity index (χ0n) is 20.2. The average Bonchev–Trinajstić information content (AvgIpc) is 3.47. The van der Waals surface area contributed by atoms with Crippen LogP contribution in [-0.2, 0) is 11.3 Å². The Labute approximate surface area is 208 Å². The van der Waals surface area contributed by atoms with Crippen LogP contribution in [-0.4, -0.2) is 43.3 Å². The molecule has 35 heavy (non-hydrogen) atoms. The number of rotatable bonds is 7. The van der Waals surface area contributed by atoms with E-state index >= 15 is 0 Å². The van der Waals surface area contributed by atoms with Crippen molar-refractivity contribution in [2.45, 2.75) is 51.4 Å². The number of fused-ring (bicyclic) bond motifs is 1. The number of pyridine rings is 1. The Morgan fingerprint density at radius 2 is 2.00 bits per heavy atom. The summed E-state index contributed by atoms with van der Waals surface area (Å²) in [6, 6.07) is 13.0. The van der Waals surface area contributed by atoms with Crippen LogP contribution in [0.5, 0.6) is 0 Å². The van der Waals surface area contributed by atoms with Crippen LogP contribution < -0.4 is 5.56 Å². The van der Waals surface area contributed by atoms with Crippen LogP contribution in [0.1, 0.15) is 40.2 Å². The van der Waals surface area contributed by atoms with Gasteiger partial charge in [-0.1, -0.05) is 30.0 Å². The molecule has 1 fully saturated rings. The number of ketones is 1. The quantitative estimate of drug-likeness (QED) is 0.214. The summed E-state index contributed by atoms with van der Waals surface area (Å²) in [6.45, 7) is 7.50. The summed E-state index contributed by atoms with van der Waals surface area (Å²) in [5, 5.41) is 0.975. The maximum Gasteiger partial charge on any atom is 0.267 e. The second-order valence-electron chi connectivity index (χ2n) is 8.94. The zero-order valence-corrected chi connectivity index (χ0v) is 21.0. The van der Waals surface area contributed by atoms with Crippen LogP contribution in [0.3, 0.4) is 0 Å². The molecule has 0 spiro atoms. The number of carbonyl (C=O) groups excluding carboxylic acids is 1. The third-order valence-electron chi connectivity index (χ3n) is 6.56. The fourth-order valence-electron chi connectivity index (χ4n) is 4.67. The molecule has 1 aromatic carbocycles. The number of benzene rings is 1. The highest BCUT2D eigenvalue weighted by Crippen LogP contribution is 2.25. The SMILES string of the molecule is Cc1cccnc1-n1c(SCC(=O)c2cc(C)n(CC3CCCO3)c2C)nc2ccccc2c1=O. The minimum atomic E-state index is -0.193. The number of hydrogen-bond donors (Lipinski definition) is 0. The van der Waals surface area contributed by atoms with Crippen LogP contribution in [0.2, 0.25) is 0 Å². The van der Waals surface area contributed by atoms with Gasteiger partial charge in [-0.25, -0.2) is 14.5 Å². The molecule has 0 radical (unpaired) electrons. The average molecular weight is 489 g/mol. The summed E-state index contributed by atoms with van der Waals surface area (Å²) in [6.07, 6.45) is 4.00. The molecule has 0 N–H and O–H groups in total. The van der Waals surface area contributed by atoms with Crippen molar-refractivity contribution >= 4 is 28.4 Å². The number of aromatic nitrogens is 4. The van der Waals surface area contributed by atoms with Crippen molar-refractivity contribution < 1.29 is 9.53 Å². The maximum atomic E-state index is 13.5. The summed E-state index contributed by atoms with van der Waals surface area (Å²) in [7, 11) is 0. The van der Waals surface area contributed by atoms with Gasteiger partial charge in [0, 0.05) is 36.3 Å². The van der Waals surface area contributed by atoms with Crippen molar-refractivity contribution in [3.8, 4) is 5.82 Å². The molecular formula is C27H28N4O3S. The fraction of sp³-hybridized carbons (Fsp3) is 0.333. The van der Waals surface area contributed by atoms with Gasteiger partial charge in [0.1, 0.15) is 5.82 Å². The predicted octanol–water partition coefficient (Wildman–Crippen LogP) is 4.66. The number of hydrogen-bond acceptors (Lipinski definition) is 6. The lowest BCUT2D eigenvalue weighted by atomic mass is 10.2. The number of Topliss-reactive ketones (excluding diaryl/α,β-unsaturated/α-hetero) is 1. The molecule has 0 aliphatic carbocycles. The van der Waals surface area contributed by atoms with Crippen molar-refractivity contribution in [2.75, 3.05) is 12.4 Å². The molecule has 1 aliphatic heterocycles. The largest absolute Gasteiger partial charge is 0.376 e. The van der Waals surface area contributed by atoms with Crippen LogP contribution in [0.25, 0.3) is 16.7 Å². The van der Waals surface area contributed by atoms with Gasteiger partial charge in [-0.15, -0.1) is 0 Å². The standard InChI is InChI=1S/C27H28N4O3S/c1-17-8-6-12-28-25(17)31-26(33)21-10-4-5-11-23(21)29-27(31)35-16-24(32)22-14-18(2)30(19(22)3)15-20-9-7-13-34-20/h4-6,8,10-12,14,20H,7,9,13,15-16H2,1-3H3. The first-order valence-electron chi connectivity index (χ1n) is 11.8. The molecule has 0 saturated carbocycles. The topological polar surface area (TPSA) is 79.0 Å². The lowest BCUT2D eigenvalue weighted by Crippen LogP contribution is -2.24. The first-order chi connectivity index (χ1) is 16.9. The molecule has 5 rings (SSSR count). The van der Waals surface area contributed by atoms with Gasteiger partial charge in [0.25, 0.3) is 5.56 Å². The molecule has 4 heterocycles. The Morgan fingerprint density at radius 1 is 1.17 bits per heavy atom. The molecule has 1 atom stereocenters. The van der Waals surface area contributed by atoms with Crippen LogP contribution in [0.4, 0.5) is 0 Å². The van der Waals surface area contributed by atoms with Crippen molar-refractivity contribution in [1.82, 2.24) is 19.1 Å². The van der Waals surface area contributed by atoms with E-state index in [0.29, 0.717) is 27.4 Å². The van der Waals surface area contributed by atoms with E-state index < -0.39 is 0 Å². The normalized spacial score (nSPS) is 15.7. The van der Waals surface area contributed by atoms with Gasteiger partial charge in [-0.2, -0.15) is 0 Å². The Kier molecular flexibility index (Phi) is 6.58. The highest BCUT2D eigenvalue weighted by Gasteiger charge is 2.22. The summed E-state index contributed by atoms with van der Waals surface area (Å²) < 4.78 is 9.50. The lowest BCUT2D eigenvalue weighted by molar-refractivity contribution is 0.0957. The number of ether oxygens (including phenoxy) is 1. The lowest BCUT2D eigenvalue weighted by Gasteiger charge is -2.15. The molecular weight excluding hydrogens is 460 g/mol. The third kappa shape index (κ3) is 4.56. The molecule has 0 bridgehead atoms. The van der Waals surface area contributed by atoms with Gasteiger partial charge < -0.3 is 9.30 Å². The van der Waals surface area contributed by atoms with Crippen LogP contribution in [0.15, 0.2) is 58.6 Å². The van der Waals surface area contributed by atoms with Crippen molar-refractivity contribution in [3.63, 3.8) is 0 Å². The molecule has 8 heteroatoms. The first kappa shape index (κ1) is 23.5. The number of thioether (sulfide) groups is 1. The van der Waals surface area contributed by atoms with Gasteiger partial charge in [-0.05, 0) is 63.4 Å². The van der Waals surface area contributed by atoms with Crippen molar-refractivity contribution in [3.05, 3.63) is 81.5 Å². The molecule has 4 aromatic rings. The number of para-hydroxylation sites is 1. The van der Waals surface area contributed by atoms with E-state index in [1.165, 1.54) is 16.3 Å². The monoisotopic (exact) mass is 488 g/mol. The van der Waals surface area contributed by atoms with E-state index in [-0.39, 0.29) is 23.2 Å². The summed E-state index contributed by atoms with van der Waals surface area (Å²) >= 11 is 1.27. The number of aryl methyl sites for hydroxylation is 2. The summed E-state index contributed by atoms with van der Waals surface area (Å²) in [4.78, 5) is 36.0. The van der Waals surface area contributed by atoms with Crippen LogP contribution in [0, 0.1) is 20.8 Å². The van der Waals surface area contributed by atoms with E-state index in [1.54, 1.807) is 12.3 Å². The Bertz CT molecular complexity index is 1470. The first-order valence-corrected chi connectivity index (χ1v) is 12.8. The summed E-state index contributed by atoms with van der Waals surface area (Å²) in [5.74, 6) is 0.704. The summed E-state index contributed by atoms with van der Waals surface area (Å²) in [5.41, 5.74) is 3.98. The van der Waals surface area contributed by atoms with Gasteiger partial charge in [0.2, 0.25) is 0 Å². The molecule has 0 amide bonds. The Morgan fingerprint density at radius 3 is 2.77 bits per heavy atom. The van der Waals surface area contributed by atoms with Gasteiger partial charge in [0.05, 0.1) is 22.8 Å². The van der Waals surface area contributed by atoms with Crippen LogP contribution >= 0.6 is 11.8 Å². The zero-order chi connectivity index (χ0) is 24.5. The number of carbonyl (C=O) groups is 1. The molecule has 1 aliphatic rings. The van der Waals surface area contributed by atoms with Crippen molar-refractivity contribution in [1.29, 1.82) is 0 Å². The van der Waals surface area contributed by atoms with E-state index in [9.17, 15) is 9.59 Å². The van der Waals surface area contributed by atoms with E-state index in [2.05, 4.69) is 9.55 Å². The molecule has 7 nitrogen and oxygen atoms in total. The Hall–Kier alpha value is -3.23. The minimum absolute atomic E-state index is 0.00777. The molecule has 3 aromatic heterocycles. The van der Waals surface area contributed by atoms with E-state index in [1.807, 2.05) is 57.2 Å². The highest BCUT2D eigenvalue weighted by atomic mass is 32.2. The number of nitrogens with zero attached hydrogens (tertiary/aromatic N) is 4. The second kappa shape index (κ2) is 9.79. The Balaban J connectivity index is 1.46. The predicted molar refractivity (Wildman–Crippen MR) is 138 cm³/mol. The second-order valence-corrected chi connectivity index (χ2v) is 9.88. The van der Waals surface area contributed by atoms with Crippen molar-refractivity contribution in [2.24, 2.45) is 0 Å². The van der Waals surface area contributed by atoms with E-state index in [0.717, 1.165) is 42.9 Å². The highest BCUT2D eigenvalue weighted by molar-refractivity contribution is 7.99. The third-order valence-corrected chi connectivity index (χ3v) is 7.49. The smallest absolute Gasteiger partial charge is 0.267 e. The fourth-order valence-corrected chi connectivity index (χ4v) is 5.55. The van der Waals surface area contributed by atoms with Gasteiger partial charge >= 0.3 is 0 Å². The molecule has 1 unspecified atom stereocenters. The van der Waals surface area contributed by atoms with Gasteiger partial charge in [0.15, 0.2) is 10.9 Å². The molecule has 180 valence electrons. The maximum absolute atomic E-state index is 13.5. The molecule has 1 saturated heterocycles. The van der Waals surface area contributed by atoms with E-state index in [4.69, 9.17) is 9.72 Å². The minimum Gasteiger partial charge on any atom is -0.376 e.